The zero-order valence-corrected chi connectivity index (χ0v) is 20.5. The molecule has 0 saturated heterocycles. The Balaban J connectivity index is 0.000000141. The van der Waals surface area contributed by atoms with Gasteiger partial charge < -0.3 is 15.3 Å². The molecule has 0 aliphatic rings. The predicted molar refractivity (Wildman–Crippen MR) is 129 cm³/mol. The summed E-state index contributed by atoms with van der Waals surface area (Å²) in [6, 6.07) is 26.5. The summed E-state index contributed by atoms with van der Waals surface area (Å²) in [4.78, 5) is 11.9. The van der Waals surface area contributed by atoms with E-state index in [0.717, 1.165) is 16.2 Å². The average molecular weight is 554 g/mol. The number of para-hydroxylation sites is 3. The molecule has 0 bridgehead atoms. The second-order valence-electron chi connectivity index (χ2n) is 6.99. The van der Waals surface area contributed by atoms with Gasteiger partial charge in [-0.05, 0) is 34.4 Å². The van der Waals surface area contributed by atoms with Gasteiger partial charge in [-0.2, -0.15) is 0 Å². The van der Waals surface area contributed by atoms with Gasteiger partial charge in [-0.1, -0.05) is 90.0 Å². The van der Waals surface area contributed by atoms with Crippen molar-refractivity contribution in [3.8, 4) is 17.2 Å². The van der Waals surface area contributed by atoms with Crippen molar-refractivity contribution < 1.29 is 15.3 Å². The molecule has 34 heavy (non-hydrogen) atoms. The summed E-state index contributed by atoms with van der Waals surface area (Å²) in [6.07, 6.45) is 4.89. The van der Waals surface area contributed by atoms with Gasteiger partial charge in [0.05, 0.1) is 16.6 Å². The standard InChI is InChI=1S/3C9H7NO.Sb/c3*11-8-5-1-3-7-4-2-6-10-9(7)8;/h3*1-6,11H;/q;;;+3/p-3. The van der Waals surface area contributed by atoms with Crippen LogP contribution in [0.3, 0.4) is 0 Å². The average Bonchev–Trinajstić information content (AvgIpc) is 2.86. The fraction of sp³-hybridized carbons (Fsp3) is 0. The molecule has 0 saturated carbocycles. The maximum Gasteiger partial charge on any atom is 3.00 e. The van der Waals surface area contributed by atoms with Gasteiger partial charge in [0.15, 0.2) is 0 Å². The van der Waals surface area contributed by atoms with Crippen LogP contribution in [0.5, 0.6) is 17.2 Å². The zero-order valence-electron chi connectivity index (χ0n) is 17.9. The van der Waals surface area contributed by atoms with Gasteiger partial charge in [0, 0.05) is 18.6 Å². The van der Waals surface area contributed by atoms with Gasteiger partial charge in [0.2, 0.25) is 0 Å². The van der Waals surface area contributed by atoms with E-state index in [1.807, 2.05) is 54.6 Å². The van der Waals surface area contributed by atoms with Gasteiger partial charge in [-0.15, -0.1) is 0 Å². The Morgan fingerprint density at radius 3 is 0.912 bits per heavy atom. The smallest absolute Gasteiger partial charge is 0.871 e. The van der Waals surface area contributed by atoms with E-state index in [9.17, 15) is 15.3 Å². The molecule has 0 unspecified atom stereocenters. The van der Waals surface area contributed by atoms with Gasteiger partial charge in [-0.25, -0.2) is 0 Å². The molecule has 0 N–H and O–H groups in total. The third kappa shape index (κ3) is 5.91. The first-order chi connectivity index (χ1) is 16.1. The molecule has 3 aromatic carbocycles. The maximum atomic E-state index is 11.1. The third-order valence-corrected chi connectivity index (χ3v) is 4.79. The molecule has 6 rings (SSSR count). The van der Waals surface area contributed by atoms with Gasteiger partial charge >= 0.3 is 24.4 Å². The number of hydrogen-bond donors (Lipinski definition) is 0. The molecule has 0 aliphatic heterocycles. The molecule has 0 fully saturated rings. The van der Waals surface area contributed by atoms with Crippen molar-refractivity contribution in [1.82, 2.24) is 15.0 Å². The Morgan fingerprint density at radius 2 is 0.647 bits per heavy atom. The number of benzene rings is 3. The summed E-state index contributed by atoms with van der Waals surface area (Å²) in [5.41, 5.74) is 1.65. The van der Waals surface area contributed by atoms with Crippen molar-refractivity contribution in [3.63, 3.8) is 0 Å². The molecule has 0 spiro atoms. The van der Waals surface area contributed by atoms with E-state index in [2.05, 4.69) is 15.0 Å². The molecular formula is C27H18N3O3Sb. The number of hydrogen-bond acceptors (Lipinski definition) is 6. The molecule has 0 atom stereocenters. The molecule has 164 valence electrons. The van der Waals surface area contributed by atoms with Crippen LogP contribution in [0, 0.1) is 0 Å². The van der Waals surface area contributed by atoms with Gasteiger partial charge in [-0.3, -0.25) is 15.0 Å². The summed E-state index contributed by atoms with van der Waals surface area (Å²) in [5.74, 6) is -0.0331. The van der Waals surface area contributed by atoms with Gasteiger partial charge in [0.1, 0.15) is 0 Å². The first-order valence-corrected chi connectivity index (χ1v) is 10.2. The molecular weight excluding hydrogens is 536 g/mol. The van der Waals surface area contributed by atoms with Crippen LogP contribution in [0.25, 0.3) is 32.7 Å². The second-order valence-corrected chi connectivity index (χ2v) is 6.99. The zero-order chi connectivity index (χ0) is 23.0. The van der Waals surface area contributed by atoms with Crippen molar-refractivity contribution in [1.29, 1.82) is 0 Å². The van der Waals surface area contributed by atoms with E-state index in [0.29, 0.717) is 16.6 Å². The fourth-order valence-electron chi connectivity index (χ4n) is 3.23. The summed E-state index contributed by atoms with van der Waals surface area (Å²) in [5, 5.41) is 36.1. The molecule has 6 aromatic rings. The minimum absolute atomic E-state index is 0. The predicted octanol–water partition coefficient (Wildman–Crippen LogP) is 3.54. The van der Waals surface area contributed by atoms with Crippen LogP contribution in [-0.4, -0.2) is 39.4 Å². The molecule has 0 amide bonds. The molecule has 3 aromatic heterocycles. The quantitative estimate of drug-likeness (QED) is 0.266. The topological polar surface area (TPSA) is 108 Å². The van der Waals surface area contributed by atoms with E-state index in [4.69, 9.17) is 0 Å². The van der Waals surface area contributed by atoms with E-state index >= 15 is 0 Å². The van der Waals surface area contributed by atoms with Crippen molar-refractivity contribution in [3.05, 3.63) is 110 Å². The van der Waals surface area contributed by atoms with Crippen molar-refractivity contribution in [2.75, 3.05) is 0 Å². The van der Waals surface area contributed by atoms with Crippen LogP contribution < -0.4 is 15.3 Å². The SMILES string of the molecule is [O-]c1cccc2cccnc12.[O-]c1cccc2cccnc12.[O-]c1cccc2cccnc12.[Sb+3]. The molecule has 0 aliphatic carbocycles. The summed E-state index contributed by atoms with van der Waals surface area (Å²) in [6.45, 7) is 0. The Labute approximate surface area is 213 Å². The molecule has 7 heteroatoms. The van der Waals surface area contributed by atoms with Crippen LogP contribution in [0.1, 0.15) is 0 Å². The first-order valence-electron chi connectivity index (χ1n) is 10.2. The molecule has 6 nitrogen and oxygen atoms in total. The summed E-state index contributed by atoms with van der Waals surface area (Å²) in [7, 11) is 0. The van der Waals surface area contributed by atoms with Crippen LogP contribution in [0.4, 0.5) is 0 Å². The van der Waals surface area contributed by atoms with E-state index in [1.54, 1.807) is 36.8 Å². The van der Waals surface area contributed by atoms with Gasteiger partial charge in [0.25, 0.3) is 0 Å². The minimum atomic E-state index is -0.0110. The van der Waals surface area contributed by atoms with Crippen LogP contribution in [0.15, 0.2) is 110 Å². The Bertz CT molecular complexity index is 1330. The normalized spacial score (nSPS) is 9.88. The first kappa shape index (κ1) is 24.7. The summed E-state index contributed by atoms with van der Waals surface area (Å²) < 4.78 is 0. The maximum absolute atomic E-state index is 11.1. The van der Waals surface area contributed by atoms with Crippen molar-refractivity contribution in [2.24, 2.45) is 0 Å². The number of aromatic nitrogens is 3. The van der Waals surface area contributed by atoms with Crippen LogP contribution in [0.2, 0.25) is 0 Å². The number of rotatable bonds is 0. The Morgan fingerprint density at radius 1 is 0.382 bits per heavy atom. The monoisotopic (exact) mass is 553 g/mol. The number of fused-ring (bicyclic) bond motifs is 3. The van der Waals surface area contributed by atoms with E-state index < -0.39 is 0 Å². The van der Waals surface area contributed by atoms with Crippen molar-refractivity contribution >= 4 is 57.1 Å². The van der Waals surface area contributed by atoms with E-state index in [-0.39, 0.29) is 41.7 Å². The largest absolute Gasteiger partial charge is 3.00 e. The molecule has 3 heterocycles. The second kappa shape index (κ2) is 11.8. The van der Waals surface area contributed by atoms with Crippen LogP contribution in [-0.2, 0) is 0 Å². The van der Waals surface area contributed by atoms with E-state index in [1.165, 1.54) is 18.2 Å². The fourth-order valence-corrected chi connectivity index (χ4v) is 3.23. The number of nitrogens with zero attached hydrogens (tertiary/aromatic N) is 3. The number of pyridine rings is 3. The molecule has 2 radical (unpaired) electrons. The Hall–Kier alpha value is -3.89. The third-order valence-electron chi connectivity index (χ3n) is 4.79. The Kier molecular flexibility index (Phi) is 8.60. The minimum Gasteiger partial charge on any atom is -0.871 e. The summed E-state index contributed by atoms with van der Waals surface area (Å²) >= 11 is 0. The van der Waals surface area contributed by atoms with Crippen molar-refractivity contribution in [2.45, 2.75) is 0 Å². The van der Waals surface area contributed by atoms with Crippen LogP contribution >= 0.6 is 0 Å².